The SMILES string of the molecule is CCC(C(=O)NC(C)(C)C)N(Cc1ccc(OC)cc1)C(=O)CN(c1ccccc1F)S(=O)(=O)c1ccc(C)cc1. The van der Waals surface area contributed by atoms with Gasteiger partial charge in [-0.3, -0.25) is 13.9 Å². The van der Waals surface area contributed by atoms with Gasteiger partial charge in [0.2, 0.25) is 11.8 Å². The molecule has 0 radical (unpaired) electrons. The van der Waals surface area contributed by atoms with E-state index < -0.39 is 39.9 Å². The first-order valence-corrected chi connectivity index (χ1v) is 14.8. The molecule has 0 bridgehead atoms. The average Bonchev–Trinajstić information content (AvgIpc) is 2.91. The van der Waals surface area contributed by atoms with Crippen LogP contribution >= 0.6 is 0 Å². The monoisotopic (exact) mass is 583 g/mol. The van der Waals surface area contributed by atoms with Gasteiger partial charge >= 0.3 is 0 Å². The number of benzene rings is 3. The summed E-state index contributed by atoms with van der Waals surface area (Å²) in [5.74, 6) is -1.20. The molecule has 3 aromatic carbocycles. The van der Waals surface area contributed by atoms with Gasteiger partial charge in [-0.25, -0.2) is 12.8 Å². The van der Waals surface area contributed by atoms with Crippen LogP contribution in [0.3, 0.4) is 0 Å². The molecule has 0 aromatic heterocycles. The Morgan fingerprint density at radius 1 is 0.976 bits per heavy atom. The molecule has 1 unspecified atom stereocenters. The maximum absolute atomic E-state index is 15.1. The summed E-state index contributed by atoms with van der Waals surface area (Å²) in [5.41, 5.74) is 0.727. The highest BCUT2D eigenvalue weighted by Gasteiger charge is 2.35. The van der Waals surface area contributed by atoms with Crippen molar-refractivity contribution in [3.8, 4) is 5.75 Å². The van der Waals surface area contributed by atoms with E-state index in [4.69, 9.17) is 4.74 Å². The Bertz CT molecular complexity index is 1450. The summed E-state index contributed by atoms with van der Waals surface area (Å²) < 4.78 is 48.7. The number of aryl methyl sites for hydroxylation is 1. The molecular weight excluding hydrogens is 545 g/mol. The summed E-state index contributed by atoms with van der Waals surface area (Å²) in [5, 5.41) is 2.92. The van der Waals surface area contributed by atoms with E-state index in [1.165, 1.54) is 35.2 Å². The van der Waals surface area contributed by atoms with Gasteiger partial charge in [-0.2, -0.15) is 0 Å². The molecule has 0 aliphatic heterocycles. The molecule has 1 N–H and O–H groups in total. The standard InChI is InChI=1S/C31H38FN3O5S/c1-7-27(30(37)33-31(3,4)5)34(20-23-14-16-24(40-6)17-15-23)29(36)21-35(28-11-9-8-10-26(28)32)41(38,39)25-18-12-22(2)13-19-25/h8-19,27H,7,20-21H2,1-6H3,(H,33,37). The number of para-hydroxylation sites is 1. The minimum Gasteiger partial charge on any atom is -0.497 e. The zero-order chi connectivity index (χ0) is 30.4. The number of hydrogen-bond donors (Lipinski definition) is 1. The molecule has 0 fully saturated rings. The molecule has 2 amide bonds. The summed E-state index contributed by atoms with van der Waals surface area (Å²) in [6.45, 7) is 8.41. The van der Waals surface area contributed by atoms with Gasteiger partial charge < -0.3 is 15.0 Å². The van der Waals surface area contributed by atoms with E-state index in [9.17, 15) is 18.0 Å². The molecule has 1 atom stereocenters. The third-order valence-electron chi connectivity index (χ3n) is 6.41. The van der Waals surface area contributed by atoms with Gasteiger partial charge in [0, 0.05) is 12.1 Å². The maximum Gasteiger partial charge on any atom is 0.264 e. The lowest BCUT2D eigenvalue weighted by atomic mass is 10.1. The van der Waals surface area contributed by atoms with Crippen LogP contribution in [0.25, 0.3) is 0 Å². The van der Waals surface area contributed by atoms with Crippen LogP contribution in [0, 0.1) is 12.7 Å². The van der Waals surface area contributed by atoms with Crippen molar-refractivity contribution in [3.63, 3.8) is 0 Å². The first kappa shape index (κ1) is 31.6. The van der Waals surface area contributed by atoms with Crippen LogP contribution < -0.4 is 14.4 Å². The first-order chi connectivity index (χ1) is 19.3. The third-order valence-corrected chi connectivity index (χ3v) is 8.18. The van der Waals surface area contributed by atoms with Crippen molar-refractivity contribution in [1.29, 1.82) is 0 Å². The number of carbonyl (C=O) groups is 2. The Kier molecular flexibility index (Phi) is 10.1. The highest BCUT2D eigenvalue weighted by Crippen LogP contribution is 2.27. The van der Waals surface area contributed by atoms with Crippen molar-refractivity contribution < 1.29 is 27.1 Å². The summed E-state index contributed by atoms with van der Waals surface area (Å²) in [6.07, 6.45) is 0.272. The Balaban J connectivity index is 2.08. The minimum atomic E-state index is -4.36. The van der Waals surface area contributed by atoms with Crippen LogP contribution in [0.15, 0.2) is 77.7 Å². The fourth-order valence-corrected chi connectivity index (χ4v) is 5.73. The van der Waals surface area contributed by atoms with E-state index in [2.05, 4.69) is 5.32 Å². The highest BCUT2D eigenvalue weighted by atomic mass is 32.2. The van der Waals surface area contributed by atoms with Crippen molar-refractivity contribution in [3.05, 3.63) is 89.7 Å². The Labute approximate surface area is 242 Å². The molecule has 8 nitrogen and oxygen atoms in total. The number of nitrogens with one attached hydrogen (secondary N) is 1. The minimum absolute atomic E-state index is 0.0224. The molecule has 3 rings (SSSR count). The van der Waals surface area contributed by atoms with E-state index in [0.29, 0.717) is 11.3 Å². The quantitative estimate of drug-likeness (QED) is 0.341. The van der Waals surface area contributed by atoms with Gasteiger partial charge in [-0.1, -0.05) is 48.9 Å². The average molecular weight is 584 g/mol. The largest absolute Gasteiger partial charge is 0.497 e. The number of rotatable bonds is 11. The van der Waals surface area contributed by atoms with Crippen molar-refractivity contribution in [2.24, 2.45) is 0 Å². The Hall–Kier alpha value is -3.92. The van der Waals surface area contributed by atoms with Crippen molar-refractivity contribution in [2.75, 3.05) is 18.0 Å². The smallest absolute Gasteiger partial charge is 0.264 e. The molecule has 41 heavy (non-hydrogen) atoms. The van der Waals surface area contributed by atoms with Crippen LogP contribution in [0.5, 0.6) is 5.75 Å². The van der Waals surface area contributed by atoms with Crippen LogP contribution in [0.1, 0.15) is 45.2 Å². The van der Waals surface area contributed by atoms with E-state index in [0.717, 1.165) is 15.9 Å². The van der Waals surface area contributed by atoms with E-state index in [1.807, 2.05) is 27.7 Å². The number of halogens is 1. The Morgan fingerprint density at radius 2 is 1.59 bits per heavy atom. The molecule has 0 saturated carbocycles. The summed E-state index contributed by atoms with van der Waals surface area (Å²) >= 11 is 0. The second-order valence-corrected chi connectivity index (χ2v) is 12.7. The number of ether oxygens (including phenoxy) is 1. The number of sulfonamides is 1. The van der Waals surface area contributed by atoms with Gasteiger partial charge in [-0.15, -0.1) is 0 Å². The lowest BCUT2D eigenvalue weighted by Crippen LogP contribution is -2.55. The van der Waals surface area contributed by atoms with E-state index in [-0.39, 0.29) is 29.5 Å². The molecule has 0 heterocycles. The molecule has 0 saturated heterocycles. The number of anilines is 1. The molecule has 0 aliphatic rings. The van der Waals surface area contributed by atoms with Crippen LogP contribution in [0.2, 0.25) is 0 Å². The van der Waals surface area contributed by atoms with Gasteiger partial charge in [0.1, 0.15) is 24.2 Å². The summed E-state index contributed by atoms with van der Waals surface area (Å²) in [7, 11) is -2.81. The van der Waals surface area contributed by atoms with Gasteiger partial charge in [0.15, 0.2) is 0 Å². The van der Waals surface area contributed by atoms with Crippen molar-refractivity contribution >= 4 is 27.5 Å². The van der Waals surface area contributed by atoms with Gasteiger partial charge in [0.05, 0.1) is 17.7 Å². The van der Waals surface area contributed by atoms with Crippen molar-refractivity contribution in [2.45, 2.75) is 64.1 Å². The molecule has 0 spiro atoms. The van der Waals surface area contributed by atoms with Crippen LogP contribution in [-0.4, -0.2) is 50.4 Å². The third kappa shape index (κ3) is 8.07. The number of hydrogen-bond acceptors (Lipinski definition) is 5. The number of amides is 2. The second kappa shape index (κ2) is 13.2. The summed E-state index contributed by atoms with van der Waals surface area (Å²) in [6, 6.07) is 17.6. The predicted octanol–water partition coefficient (Wildman–Crippen LogP) is 5.06. The normalized spacial score (nSPS) is 12.4. The number of methoxy groups -OCH3 is 1. The molecule has 3 aromatic rings. The Morgan fingerprint density at radius 3 is 2.12 bits per heavy atom. The van der Waals surface area contributed by atoms with Gasteiger partial charge in [-0.05, 0) is 76.1 Å². The summed E-state index contributed by atoms with van der Waals surface area (Å²) in [4.78, 5) is 28.7. The predicted molar refractivity (Wildman–Crippen MR) is 158 cm³/mol. The van der Waals surface area contributed by atoms with E-state index in [1.54, 1.807) is 50.4 Å². The zero-order valence-electron chi connectivity index (χ0n) is 24.3. The van der Waals surface area contributed by atoms with Crippen molar-refractivity contribution in [1.82, 2.24) is 10.2 Å². The topological polar surface area (TPSA) is 96.0 Å². The molecule has 220 valence electrons. The lowest BCUT2D eigenvalue weighted by Gasteiger charge is -2.34. The zero-order valence-corrected chi connectivity index (χ0v) is 25.2. The molecule has 10 heteroatoms. The fourth-order valence-electron chi connectivity index (χ4n) is 4.30. The number of nitrogens with zero attached hydrogens (tertiary/aromatic N) is 2. The lowest BCUT2D eigenvalue weighted by molar-refractivity contribution is -0.141. The number of carbonyl (C=O) groups excluding carboxylic acids is 2. The van der Waals surface area contributed by atoms with Crippen LogP contribution in [0.4, 0.5) is 10.1 Å². The maximum atomic E-state index is 15.1. The van der Waals surface area contributed by atoms with Crippen LogP contribution in [-0.2, 0) is 26.2 Å². The fraction of sp³-hybridized carbons (Fsp3) is 0.355. The van der Waals surface area contributed by atoms with E-state index >= 15 is 4.39 Å². The second-order valence-electron chi connectivity index (χ2n) is 10.8. The molecule has 0 aliphatic carbocycles. The highest BCUT2D eigenvalue weighted by molar-refractivity contribution is 7.92. The van der Waals surface area contributed by atoms with Gasteiger partial charge in [0.25, 0.3) is 10.0 Å². The first-order valence-electron chi connectivity index (χ1n) is 13.3. The molecular formula is C31H38FN3O5S.